The fraction of sp³-hybridized carbons (Fsp3) is 0.833. The van der Waals surface area contributed by atoms with E-state index in [4.69, 9.17) is 42.6 Å². The van der Waals surface area contributed by atoms with Gasteiger partial charge in [0.25, 0.3) is 0 Å². The average Bonchev–Trinajstić information content (AvgIpc) is 3.85. The highest BCUT2D eigenvalue weighted by molar-refractivity contribution is 5.91. The van der Waals surface area contributed by atoms with Gasteiger partial charge in [-0.15, -0.1) is 0 Å². The number of ketones is 1. The molecule has 0 aromatic carbocycles. The van der Waals surface area contributed by atoms with Crippen LogP contribution >= 0.6 is 0 Å². The summed E-state index contributed by atoms with van der Waals surface area (Å²) in [6.07, 6.45) is -7.99. The number of nitrogens with zero attached hydrogens (tertiary/aromatic N) is 1. The van der Waals surface area contributed by atoms with Crippen LogP contribution in [0.2, 0.25) is 0 Å². The lowest BCUT2D eigenvalue weighted by Crippen LogP contribution is -2.66. The number of fused-ring (bicyclic) bond motifs is 1. The molecule has 0 spiro atoms. The first-order valence-electron chi connectivity index (χ1n) is 20.7. The molecule has 4 aliphatic heterocycles. The maximum absolute atomic E-state index is 13.4. The number of aliphatic hydroxyl groups is 2. The van der Waals surface area contributed by atoms with E-state index in [2.05, 4.69) is 0 Å². The molecular formula is C42H67NO16. The first kappa shape index (κ1) is 48.8. The maximum atomic E-state index is 13.4. The number of allylic oxidation sites excluding steroid dienone is 1. The van der Waals surface area contributed by atoms with Gasteiger partial charge >= 0.3 is 17.9 Å². The molecule has 3 saturated heterocycles. The first-order chi connectivity index (χ1) is 27.6. The van der Waals surface area contributed by atoms with Crippen molar-refractivity contribution in [1.29, 1.82) is 0 Å². The van der Waals surface area contributed by atoms with E-state index in [1.54, 1.807) is 59.7 Å². The van der Waals surface area contributed by atoms with Crippen molar-refractivity contribution in [2.45, 2.75) is 185 Å². The number of ether oxygens (including phenoxy) is 9. The Morgan fingerprint density at radius 3 is 2.29 bits per heavy atom. The van der Waals surface area contributed by atoms with Gasteiger partial charge in [-0.2, -0.15) is 0 Å². The van der Waals surface area contributed by atoms with E-state index < -0.39 is 115 Å². The van der Waals surface area contributed by atoms with Crippen molar-refractivity contribution >= 4 is 30.0 Å². The SMILES string of the molecule is COC1[C@@H](O[C@@H]2O[C@H](C)[C@@H](O[C@H]3C[C@@](C)(O)[C@@H](OC(=O)CC(C)C)[C@H](C)O3)[C@H](N(C)C)[C@H]2O)[C@@H](CC=O)C[C@@H](C)C(=O)/C=C/[C@@H]2O[C@H]2C[C@@H](C)OC(=O)C[C@H]1OC(C)=O. The number of rotatable bonds is 12. The Bertz CT molecular complexity index is 1470. The summed E-state index contributed by atoms with van der Waals surface area (Å²) < 4.78 is 54.2. The number of esters is 3. The topological polar surface area (TPSA) is 215 Å². The van der Waals surface area contributed by atoms with Gasteiger partial charge < -0.3 is 62.5 Å². The second kappa shape index (κ2) is 21.3. The highest BCUT2D eigenvalue weighted by atomic mass is 16.7. The Balaban J connectivity index is 1.64. The molecule has 0 bridgehead atoms. The summed E-state index contributed by atoms with van der Waals surface area (Å²) in [5.41, 5.74) is -1.51. The monoisotopic (exact) mass is 841 g/mol. The molecule has 0 saturated carbocycles. The number of aldehydes is 1. The molecule has 4 rings (SSSR count). The molecule has 3 fully saturated rings. The molecular weight excluding hydrogens is 774 g/mol. The van der Waals surface area contributed by atoms with Crippen molar-refractivity contribution in [2.24, 2.45) is 17.8 Å². The molecule has 17 heteroatoms. The van der Waals surface area contributed by atoms with E-state index in [1.807, 2.05) is 13.8 Å². The van der Waals surface area contributed by atoms with Crippen LogP contribution in [0.15, 0.2) is 12.2 Å². The highest BCUT2D eigenvalue weighted by Gasteiger charge is 2.53. The van der Waals surface area contributed by atoms with Crippen LogP contribution in [0.4, 0.5) is 0 Å². The van der Waals surface area contributed by atoms with Crippen LogP contribution in [0.1, 0.15) is 93.9 Å². The molecule has 0 radical (unpaired) electrons. The summed E-state index contributed by atoms with van der Waals surface area (Å²) in [4.78, 5) is 65.8. The summed E-state index contributed by atoms with van der Waals surface area (Å²) in [5, 5.41) is 23.5. The van der Waals surface area contributed by atoms with Crippen molar-refractivity contribution in [3.8, 4) is 0 Å². The molecule has 0 amide bonds. The zero-order valence-electron chi connectivity index (χ0n) is 36.3. The van der Waals surface area contributed by atoms with E-state index in [0.717, 1.165) is 0 Å². The van der Waals surface area contributed by atoms with Crippen LogP contribution in [0.25, 0.3) is 0 Å². The van der Waals surface area contributed by atoms with Crippen molar-refractivity contribution in [1.82, 2.24) is 4.90 Å². The van der Waals surface area contributed by atoms with Gasteiger partial charge in [0.15, 0.2) is 24.5 Å². The van der Waals surface area contributed by atoms with Crippen LogP contribution in [0.5, 0.6) is 0 Å². The number of carbonyl (C=O) groups is 5. The molecule has 17 atom stereocenters. The largest absolute Gasteiger partial charge is 0.462 e. The number of methoxy groups -OCH3 is 1. The summed E-state index contributed by atoms with van der Waals surface area (Å²) in [5.74, 6) is -3.35. The van der Waals surface area contributed by atoms with Crippen LogP contribution < -0.4 is 0 Å². The molecule has 2 N–H and O–H groups in total. The Kier molecular flexibility index (Phi) is 17.6. The van der Waals surface area contributed by atoms with E-state index in [9.17, 15) is 34.2 Å². The smallest absolute Gasteiger partial charge is 0.309 e. The van der Waals surface area contributed by atoms with Gasteiger partial charge in [-0.05, 0) is 72.2 Å². The second-order valence-electron chi connectivity index (χ2n) is 17.5. The number of cyclic esters (lactones) is 1. The lowest BCUT2D eigenvalue weighted by atomic mass is 9.83. The van der Waals surface area contributed by atoms with E-state index in [1.165, 1.54) is 20.1 Å². The Morgan fingerprint density at radius 2 is 1.69 bits per heavy atom. The number of likely N-dealkylation sites (N-methyl/N-ethyl adjacent to an activating group) is 1. The maximum Gasteiger partial charge on any atom is 0.309 e. The van der Waals surface area contributed by atoms with Crippen LogP contribution in [-0.2, 0) is 66.6 Å². The number of hydrogen-bond donors (Lipinski definition) is 2. The predicted octanol–water partition coefficient (Wildman–Crippen LogP) is 2.43. The van der Waals surface area contributed by atoms with E-state index in [-0.39, 0.29) is 49.6 Å². The van der Waals surface area contributed by atoms with Gasteiger partial charge in [-0.1, -0.05) is 20.8 Å². The summed E-state index contributed by atoms with van der Waals surface area (Å²) >= 11 is 0. The molecule has 0 aromatic heterocycles. The minimum absolute atomic E-state index is 0.0551. The van der Waals surface area contributed by atoms with E-state index >= 15 is 0 Å². The molecule has 0 aliphatic carbocycles. The highest BCUT2D eigenvalue weighted by Crippen LogP contribution is 2.38. The van der Waals surface area contributed by atoms with Crippen LogP contribution in [-0.4, -0.2) is 158 Å². The van der Waals surface area contributed by atoms with Gasteiger partial charge in [-0.25, -0.2) is 0 Å². The average molecular weight is 842 g/mol. The summed E-state index contributed by atoms with van der Waals surface area (Å²) in [6.45, 7) is 13.4. The Hall–Kier alpha value is -2.87. The summed E-state index contributed by atoms with van der Waals surface area (Å²) in [6, 6.07) is -0.800. The van der Waals surface area contributed by atoms with Crippen LogP contribution in [0, 0.1) is 17.8 Å². The first-order valence-corrected chi connectivity index (χ1v) is 20.7. The number of epoxide rings is 1. The van der Waals surface area contributed by atoms with Crippen LogP contribution in [0.3, 0.4) is 0 Å². The minimum atomic E-state index is -1.51. The van der Waals surface area contributed by atoms with Crippen molar-refractivity contribution in [2.75, 3.05) is 21.2 Å². The molecule has 4 heterocycles. The zero-order chi connectivity index (χ0) is 43.9. The third kappa shape index (κ3) is 13.3. The Morgan fingerprint density at radius 1 is 1.00 bits per heavy atom. The minimum Gasteiger partial charge on any atom is -0.462 e. The molecule has 0 aromatic rings. The lowest BCUT2D eigenvalue weighted by Gasteiger charge is -2.50. The van der Waals surface area contributed by atoms with Crippen molar-refractivity contribution < 1.29 is 76.8 Å². The molecule has 1 unspecified atom stereocenters. The van der Waals surface area contributed by atoms with Gasteiger partial charge in [0.1, 0.15) is 48.5 Å². The fourth-order valence-electron chi connectivity index (χ4n) is 8.51. The van der Waals surface area contributed by atoms with Crippen molar-refractivity contribution in [3.05, 3.63) is 12.2 Å². The quantitative estimate of drug-likeness (QED) is 0.125. The Labute approximate surface area is 347 Å². The number of aliphatic hydroxyl groups excluding tert-OH is 1. The molecule has 59 heavy (non-hydrogen) atoms. The standard InChI is InChI=1S/C42H67NO16/c1-21(2)16-32(47)57-40-25(6)53-34(20-42(40,8)50)58-37-24(5)54-41(36(49)35(37)43(9)10)59-38-27(14-15-44)17-22(3)28(46)12-13-29-30(56-29)18-23(4)52-33(48)19-31(39(38)51-11)55-26(7)45/h12-13,15,21-25,27,29-31,34-41,49-50H,14,16-20H2,1-11H3/b13-12+/t22-,23-,24-,25+,27+,29+,30+,31-,34+,35-,36-,37-,38+,39?,40+,41+,42-/m1/s1. The van der Waals surface area contributed by atoms with Gasteiger partial charge in [0, 0.05) is 45.6 Å². The van der Waals surface area contributed by atoms with Crippen molar-refractivity contribution in [3.63, 3.8) is 0 Å². The van der Waals surface area contributed by atoms with Gasteiger partial charge in [0.05, 0.1) is 36.9 Å². The second-order valence-corrected chi connectivity index (χ2v) is 17.5. The number of carbonyl (C=O) groups excluding carboxylic acids is 5. The lowest BCUT2D eigenvalue weighted by molar-refractivity contribution is -0.344. The van der Waals surface area contributed by atoms with E-state index in [0.29, 0.717) is 12.7 Å². The zero-order valence-corrected chi connectivity index (χ0v) is 36.3. The third-order valence-corrected chi connectivity index (χ3v) is 11.4. The third-order valence-electron chi connectivity index (χ3n) is 11.4. The van der Waals surface area contributed by atoms with Gasteiger partial charge in [-0.3, -0.25) is 19.2 Å². The predicted molar refractivity (Wildman–Crippen MR) is 208 cm³/mol. The molecule has 4 aliphatic rings. The normalized spacial score (nSPS) is 41.7. The molecule has 336 valence electrons. The fourth-order valence-corrected chi connectivity index (χ4v) is 8.51. The summed E-state index contributed by atoms with van der Waals surface area (Å²) in [7, 11) is 4.82. The van der Waals surface area contributed by atoms with Gasteiger partial charge in [0.2, 0.25) is 0 Å². The number of hydrogen-bond acceptors (Lipinski definition) is 17. The molecule has 17 nitrogen and oxygen atoms in total.